The van der Waals surface area contributed by atoms with Gasteiger partial charge in [-0.15, -0.1) is 0 Å². The van der Waals surface area contributed by atoms with Gasteiger partial charge >= 0.3 is 6.03 Å². The van der Waals surface area contributed by atoms with Crippen LogP contribution in [0.2, 0.25) is 0 Å². The highest BCUT2D eigenvalue weighted by molar-refractivity contribution is 7.99. The molecule has 0 aliphatic carbocycles. The van der Waals surface area contributed by atoms with Gasteiger partial charge in [0.15, 0.2) is 0 Å². The molecule has 0 radical (unpaired) electrons. The predicted octanol–water partition coefficient (Wildman–Crippen LogP) is 4.10. The van der Waals surface area contributed by atoms with Crippen molar-refractivity contribution in [1.82, 2.24) is 16.0 Å². The molecule has 4 amide bonds. The fourth-order valence-corrected chi connectivity index (χ4v) is 3.42. The summed E-state index contributed by atoms with van der Waals surface area (Å²) in [4.78, 5) is 34.7. The van der Waals surface area contributed by atoms with Crippen molar-refractivity contribution < 1.29 is 14.4 Å². The van der Waals surface area contributed by atoms with Crippen LogP contribution in [0.25, 0.3) is 0 Å². The van der Waals surface area contributed by atoms with E-state index >= 15 is 0 Å². The maximum Gasteiger partial charge on any atom is 0.321 e. The molecule has 0 aromatic carbocycles. The van der Waals surface area contributed by atoms with Crippen molar-refractivity contribution in [2.45, 2.75) is 66.3 Å². The molecule has 0 aliphatic heterocycles. The predicted molar refractivity (Wildman–Crippen MR) is 123 cm³/mol. The number of hydrogen-bond acceptors (Lipinski definition) is 4. The normalized spacial score (nSPS) is 12.8. The number of amides is 4. The molecule has 0 aromatic heterocycles. The van der Waals surface area contributed by atoms with Crippen molar-refractivity contribution in [1.29, 1.82) is 0 Å². The van der Waals surface area contributed by atoms with Crippen molar-refractivity contribution in [3.05, 3.63) is 34.9 Å². The molecule has 0 fully saturated rings. The molecule has 3 N–H and O–H groups in total. The fraction of sp³-hybridized carbons (Fsp3) is 0.591. The number of carbonyl (C=O) groups excluding carboxylic acids is 3. The first-order valence-corrected chi connectivity index (χ1v) is 11.1. The van der Waals surface area contributed by atoms with Crippen molar-refractivity contribution in [2.75, 3.05) is 18.6 Å². The lowest BCUT2D eigenvalue weighted by Gasteiger charge is -2.16. The minimum absolute atomic E-state index is 0.305. The van der Waals surface area contributed by atoms with Crippen LogP contribution in [0.15, 0.2) is 34.9 Å². The van der Waals surface area contributed by atoms with E-state index in [9.17, 15) is 14.4 Å². The second kappa shape index (κ2) is 15.9. The van der Waals surface area contributed by atoms with Crippen LogP contribution in [-0.4, -0.2) is 42.4 Å². The molecule has 6 nitrogen and oxygen atoms in total. The second-order valence-electron chi connectivity index (χ2n) is 7.32. The quantitative estimate of drug-likeness (QED) is 0.326. The van der Waals surface area contributed by atoms with Gasteiger partial charge in [-0.3, -0.25) is 14.9 Å². The van der Waals surface area contributed by atoms with Crippen LogP contribution in [0.5, 0.6) is 0 Å². The molecule has 0 bridgehead atoms. The summed E-state index contributed by atoms with van der Waals surface area (Å²) in [5.41, 5.74) is 4.09. The summed E-state index contributed by atoms with van der Waals surface area (Å²) in [6.45, 7) is 9.89. The van der Waals surface area contributed by atoms with Gasteiger partial charge in [-0.2, -0.15) is 11.8 Å². The van der Waals surface area contributed by atoms with Crippen LogP contribution in [-0.2, 0) is 9.59 Å². The monoisotopic (exact) mass is 423 g/mol. The Labute approximate surface area is 180 Å². The van der Waals surface area contributed by atoms with Crippen molar-refractivity contribution >= 4 is 29.6 Å². The number of carbonyl (C=O) groups is 3. The van der Waals surface area contributed by atoms with Crippen LogP contribution in [0.1, 0.15) is 60.3 Å². The number of thioether (sulfide) groups is 1. The largest absolute Gasteiger partial charge is 0.344 e. The zero-order valence-corrected chi connectivity index (χ0v) is 19.5. The number of allylic oxidation sites excluding steroid dienone is 5. The first kappa shape index (κ1) is 27.0. The Hall–Kier alpha value is -2.02. The zero-order chi connectivity index (χ0) is 22.2. The molecule has 0 aliphatic rings. The van der Waals surface area contributed by atoms with E-state index in [0.29, 0.717) is 5.75 Å². The lowest BCUT2D eigenvalue weighted by Crippen LogP contribution is -2.51. The molecule has 0 saturated heterocycles. The first-order valence-electron chi connectivity index (χ1n) is 9.97. The van der Waals surface area contributed by atoms with Gasteiger partial charge in [0.05, 0.1) is 0 Å². The van der Waals surface area contributed by atoms with E-state index < -0.39 is 18.0 Å². The van der Waals surface area contributed by atoms with E-state index in [0.717, 1.165) is 31.4 Å². The second-order valence-corrected chi connectivity index (χ2v) is 8.39. The molecule has 1 unspecified atom stereocenters. The molecule has 0 rings (SSSR count). The highest BCUT2D eigenvalue weighted by atomic mass is 32.2. The van der Waals surface area contributed by atoms with Gasteiger partial charge in [-0.1, -0.05) is 34.9 Å². The van der Waals surface area contributed by atoms with E-state index in [1.807, 2.05) is 0 Å². The zero-order valence-electron chi connectivity index (χ0n) is 18.7. The first-order chi connectivity index (χ1) is 13.6. The number of hydrogen-bond donors (Lipinski definition) is 3. The van der Waals surface area contributed by atoms with Crippen LogP contribution in [0, 0.1) is 0 Å². The van der Waals surface area contributed by atoms with Gasteiger partial charge in [0.2, 0.25) is 5.91 Å². The van der Waals surface area contributed by atoms with Crippen molar-refractivity contribution in [3.63, 3.8) is 0 Å². The van der Waals surface area contributed by atoms with Crippen molar-refractivity contribution in [2.24, 2.45) is 0 Å². The third-order valence-electron chi connectivity index (χ3n) is 4.11. The Balaban J connectivity index is 4.34. The topological polar surface area (TPSA) is 87.3 Å². The van der Waals surface area contributed by atoms with E-state index in [1.54, 1.807) is 11.8 Å². The fourth-order valence-electron chi connectivity index (χ4n) is 2.42. The van der Waals surface area contributed by atoms with E-state index in [2.05, 4.69) is 61.9 Å². The highest BCUT2D eigenvalue weighted by Gasteiger charge is 2.20. The summed E-state index contributed by atoms with van der Waals surface area (Å²) in [6, 6.07) is -1.33. The number of rotatable bonds is 12. The Morgan fingerprint density at radius 3 is 2.03 bits per heavy atom. The van der Waals surface area contributed by atoms with Gasteiger partial charge in [0.25, 0.3) is 5.91 Å². The van der Waals surface area contributed by atoms with Crippen LogP contribution in [0.3, 0.4) is 0 Å². The van der Waals surface area contributed by atoms with Crippen LogP contribution < -0.4 is 16.0 Å². The molecule has 0 spiro atoms. The molecule has 0 saturated carbocycles. The molecular weight excluding hydrogens is 386 g/mol. The summed E-state index contributed by atoms with van der Waals surface area (Å²) >= 11 is 1.54. The molecule has 29 heavy (non-hydrogen) atoms. The Morgan fingerprint density at radius 2 is 1.48 bits per heavy atom. The Kier molecular flexibility index (Phi) is 14.7. The summed E-state index contributed by atoms with van der Waals surface area (Å²) in [5.74, 6) is 0.330. The lowest BCUT2D eigenvalue weighted by atomic mass is 10.1. The standard InChI is InChI=1S/C22H37N3O3S/c1-16(2)9-7-10-17(3)11-8-12-18(4)13-14-29-15-20(24-19(5)26)21(27)25-22(28)23-6/h9,11,13,20H,7-8,10,12,14-15H2,1-6H3,(H,24,26)(H2,23,25,27,28)/b17-11+,18-13+. The van der Waals surface area contributed by atoms with Gasteiger partial charge in [0, 0.05) is 25.5 Å². The Bertz CT molecular complexity index is 635. The summed E-state index contributed by atoms with van der Waals surface area (Å²) in [7, 11) is 1.43. The maximum atomic E-state index is 12.1. The molecular formula is C22H37N3O3S. The minimum atomic E-state index is -0.741. The van der Waals surface area contributed by atoms with Crippen molar-refractivity contribution in [3.8, 4) is 0 Å². The summed E-state index contributed by atoms with van der Waals surface area (Å²) in [6.07, 6.45) is 11.0. The Morgan fingerprint density at radius 1 is 0.897 bits per heavy atom. The van der Waals surface area contributed by atoms with Gasteiger partial charge in [-0.05, 0) is 53.4 Å². The molecule has 0 heterocycles. The smallest absolute Gasteiger partial charge is 0.321 e. The van der Waals surface area contributed by atoms with E-state index in [1.165, 1.54) is 30.7 Å². The van der Waals surface area contributed by atoms with E-state index in [-0.39, 0.29) is 5.91 Å². The summed E-state index contributed by atoms with van der Waals surface area (Å²) in [5, 5.41) is 7.11. The van der Waals surface area contributed by atoms with Gasteiger partial charge in [-0.25, -0.2) is 4.79 Å². The molecule has 164 valence electrons. The number of imide groups is 1. The molecule has 7 heteroatoms. The third-order valence-corrected chi connectivity index (χ3v) is 5.09. The molecule has 1 atom stereocenters. The number of urea groups is 1. The highest BCUT2D eigenvalue weighted by Crippen LogP contribution is 2.13. The van der Waals surface area contributed by atoms with Gasteiger partial charge in [0.1, 0.15) is 6.04 Å². The lowest BCUT2D eigenvalue weighted by molar-refractivity contribution is -0.126. The average Bonchev–Trinajstić information content (AvgIpc) is 2.63. The number of nitrogens with one attached hydrogen (secondary N) is 3. The maximum absolute atomic E-state index is 12.1. The summed E-state index contributed by atoms with van der Waals surface area (Å²) < 4.78 is 0. The minimum Gasteiger partial charge on any atom is -0.344 e. The average molecular weight is 424 g/mol. The SMILES string of the molecule is CNC(=O)NC(=O)C(CSC/C=C(\C)CC/C=C(\C)CCC=C(C)C)NC(C)=O. The van der Waals surface area contributed by atoms with E-state index in [4.69, 9.17) is 0 Å². The van der Waals surface area contributed by atoms with Gasteiger partial charge < -0.3 is 10.6 Å². The van der Waals surface area contributed by atoms with Crippen LogP contribution in [0.4, 0.5) is 4.79 Å². The van der Waals surface area contributed by atoms with Crippen LogP contribution >= 0.6 is 11.8 Å². The molecule has 0 aromatic rings. The third kappa shape index (κ3) is 15.6.